The number of halogens is 1. The lowest BCUT2D eigenvalue weighted by Crippen LogP contribution is -2.25. The number of hydrogen-bond acceptors (Lipinski definition) is 5. The molecule has 1 aromatic carbocycles. The van der Waals surface area contributed by atoms with Gasteiger partial charge in [-0.1, -0.05) is 32.8 Å². The lowest BCUT2D eigenvalue weighted by atomic mass is 10.1. The summed E-state index contributed by atoms with van der Waals surface area (Å²) < 4.78 is 16.8. The van der Waals surface area contributed by atoms with Crippen molar-refractivity contribution in [3.05, 3.63) is 57.0 Å². The largest absolute Gasteiger partial charge is 0.477 e. The number of nitrogens with zero attached hydrogens (tertiary/aromatic N) is 2. The van der Waals surface area contributed by atoms with Gasteiger partial charge < -0.3 is 10.0 Å². The van der Waals surface area contributed by atoms with Crippen molar-refractivity contribution >= 4 is 62.0 Å². The Morgan fingerprint density at radius 3 is 2.27 bits per heavy atom. The lowest BCUT2D eigenvalue weighted by molar-refractivity contribution is -0.132. The van der Waals surface area contributed by atoms with Crippen molar-refractivity contribution in [2.75, 3.05) is 18.0 Å². The number of anilines is 1. The number of carbonyl (C=O) groups is 1. The third-order valence-electron chi connectivity index (χ3n) is 5.22. The van der Waals surface area contributed by atoms with Gasteiger partial charge in [-0.2, -0.15) is 5.26 Å². The van der Waals surface area contributed by atoms with Crippen molar-refractivity contribution in [1.82, 2.24) is 0 Å². The molecule has 0 atom stereocenters. The first-order chi connectivity index (χ1) is 15.9. The number of thiophene rings is 2. The standard InChI is InChI=1S/C26H27FN2O2S2/c1-3-5-11-29(12-6-4-2)20-9-7-18(23(27)14-20)8-10-21-15-24-25(32-21)16-22(33-24)13-19(17-28)26(30)31/h7-10,13-16H,3-6,11-12H2,1-2H3,(H,30,31)/b10-8+,19-13+. The number of benzene rings is 1. The molecule has 172 valence electrons. The van der Waals surface area contributed by atoms with E-state index >= 15 is 0 Å². The number of unbranched alkanes of at least 4 members (excludes halogenated alkanes) is 2. The Labute approximate surface area is 201 Å². The second-order valence-corrected chi connectivity index (χ2v) is 9.97. The summed E-state index contributed by atoms with van der Waals surface area (Å²) in [4.78, 5) is 15.0. The summed E-state index contributed by atoms with van der Waals surface area (Å²) in [5.41, 5.74) is 1.19. The smallest absolute Gasteiger partial charge is 0.346 e. The highest BCUT2D eigenvalue weighted by Crippen LogP contribution is 2.35. The molecular weight excluding hydrogens is 455 g/mol. The molecular formula is C26H27FN2O2S2. The van der Waals surface area contributed by atoms with E-state index in [9.17, 15) is 9.18 Å². The first-order valence-corrected chi connectivity index (χ1v) is 12.7. The van der Waals surface area contributed by atoms with Crippen LogP contribution in [0.25, 0.3) is 27.6 Å². The summed E-state index contributed by atoms with van der Waals surface area (Å²) >= 11 is 2.97. The maximum absolute atomic E-state index is 14.8. The lowest BCUT2D eigenvalue weighted by Gasteiger charge is -2.25. The third-order valence-corrected chi connectivity index (χ3v) is 7.43. The van der Waals surface area contributed by atoms with Crippen molar-refractivity contribution in [3.8, 4) is 6.07 Å². The van der Waals surface area contributed by atoms with E-state index in [-0.39, 0.29) is 11.4 Å². The van der Waals surface area contributed by atoms with Crippen molar-refractivity contribution in [3.63, 3.8) is 0 Å². The van der Waals surface area contributed by atoms with Gasteiger partial charge in [0, 0.05) is 43.5 Å². The predicted octanol–water partition coefficient (Wildman–Crippen LogP) is 7.67. The molecule has 7 heteroatoms. The van der Waals surface area contributed by atoms with Gasteiger partial charge in [0.1, 0.15) is 17.5 Å². The minimum absolute atomic E-state index is 0.231. The van der Waals surface area contributed by atoms with Crippen LogP contribution in [0.3, 0.4) is 0 Å². The molecule has 0 radical (unpaired) electrons. The number of hydrogen-bond donors (Lipinski definition) is 1. The number of nitriles is 1. The van der Waals surface area contributed by atoms with Gasteiger partial charge in [0.15, 0.2) is 0 Å². The topological polar surface area (TPSA) is 64.3 Å². The average Bonchev–Trinajstić information content (AvgIpc) is 3.34. The molecule has 2 heterocycles. The van der Waals surface area contributed by atoms with E-state index in [4.69, 9.17) is 10.4 Å². The zero-order valence-electron chi connectivity index (χ0n) is 18.8. The summed E-state index contributed by atoms with van der Waals surface area (Å²) in [6.45, 7) is 6.21. The Bertz CT molecular complexity index is 1180. The summed E-state index contributed by atoms with van der Waals surface area (Å²) in [6, 6.07) is 11.0. The number of fused-ring (bicyclic) bond motifs is 1. The van der Waals surface area contributed by atoms with Crippen LogP contribution in [0.1, 0.15) is 54.8 Å². The van der Waals surface area contributed by atoms with Gasteiger partial charge >= 0.3 is 5.97 Å². The average molecular weight is 483 g/mol. The molecule has 0 bridgehead atoms. The van der Waals surface area contributed by atoms with Gasteiger partial charge in [-0.3, -0.25) is 0 Å². The van der Waals surface area contributed by atoms with Crippen LogP contribution in [0.15, 0.2) is 35.9 Å². The van der Waals surface area contributed by atoms with Gasteiger partial charge in [-0.05, 0) is 55.3 Å². The number of rotatable bonds is 11. The Morgan fingerprint density at radius 1 is 1.06 bits per heavy atom. The molecule has 0 aliphatic rings. The van der Waals surface area contributed by atoms with Crippen LogP contribution >= 0.6 is 22.7 Å². The Balaban J connectivity index is 1.75. The van der Waals surface area contributed by atoms with Crippen molar-refractivity contribution in [2.24, 2.45) is 0 Å². The van der Waals surface area contributed by atoms with Crippen LogP contribution in [0.2, 0.25) is 0 Å². The first kappa shape index (κ1) is 24.7. The molecule has 0 unspecified atom stereocenters. The van der Waals surface area contributed by atoms with E-state index in [1.54, 1.807) is 29.5 Å². The van der Waals surface area contributed by atoms with E-state index < -0.39 is 5.97 Å². The molecule has 3 aromatic rings. The Hall–Kier alpha value is -2.95. The maximum atomic E-state index is 14.8. The van der Waals surface area contributed by atoms with Crippen molar-refractivity contribution < 1.29 is 14.3 Å². The highest BCUT2D eigenvalue weighted by Gasteiger charge is 2.11. The van der Waals surface area contributed by atoms with E-state index in [0.29, 0.717) is 5.56 Å². The molecule has 0 saturated heterocycles. The number of aliphatic carboxylic acids is 1. The molecule has 0 spiro atoms. The van der Waals surface area contributed by atoms with Gasteiger partial charge in [0.05, 0.1) is 0 Å². The van der Waals surface area contributed by atoms with E-state index in [1.807, 2.05) is 30.3 Å². The number of carboxylic acids is 1. The summed E-state index contributed by atoms with van der Waals surface area (Å²) in [6.07, 6.45) is 9.48. The van der Waals surface area contributed by atoms with E-state index in [1.165, 1.54) is 17.4 Å². The molecule has 0 aliphatic carbocycles. The first-order valence-electron chi connectivity index (χ1n) is 11.1. The summed E-state index contributed by atoms with van der Waals surface area (Å²) in [5.74, 6) is -1.46. The zero-order valence-corrected chi connectivity index (χ0v) is 20.4. The minimum Gasteiger partial charge on any atom is -0.477 e. The highest BCUT2D eigenvalue weighted by atomic mass is 32.1. The molecule has 0 amide bonds. The van der Waals surface area contributed by atoms with Gasteiger partial charge in [-0.15, -0.1) is 22.7 Å². The Morgan fingerprint density at radius 2 is 1.70 bits per heavy atom. The van der Waals surface area contributed by atoms with Gasteiger partial charge in [-0.25, -0.2) is 9.18 Å². The maximum Gasteiger partial charge on any atom is 0.346 e. The molecule has 0 saturated carbocycles. The molecule has 0 aliphatic heterocycles. The molecule has 3 rings (SSSR count). The third kappa shape index (κ3) is 6.53. The van der Waals surface area contributed by atoms with Gasteiger partial charge in [0.25, 0.3) is 0 Å². The summed E-state index contributed by atoms with van der Waals surface area (Å²) in [5, 5.41) is 17.9. The zero-order chi connectivity index (χ0) is 23.8. The molecule has 2 aromatic heterocycles. The summed E-state index contributed by atoms with van der Waals surface area (Å²) in [7, 11) is 0. The van der Waals surface area contributed by atoms with Gasteiger partial charge in [0.2, 0.25) is 0 Å². The molecule has 4 nitrogen and oxygen atoms in total. The Kier molecular flexibility index (Phi) is 8.81. The molecule has 1 N–H and O–H groups in total. The van der Waals surface area contributed by atoms with Crippen molar-refractivity contribution in [2.45, 2.75) is 39.5 Å². The van der Waals surface area contributed by atoms with Crippen LogP contribution in [0.5, 0.6) is 0 Å². The monoisotopic (exact) mass is 482 g/mol. The quantitative estimate of drug-likeness (QED) is 0.225. The fraction of sp³-hybridized carbons (Fsp3) is 0.308. The second-order valence-electron chi connectivity index (χ2n) is 7.73. The van der Waals surface area contributed by atoms with Crippen LogP contribution in [0.4, 0.5) is 10.1 Å². The minimum atomic E-state index is -1.23. The second kappa shape index (κ2) is 11.8. The van der Waals surface area contributed by atoms with Crippen LogP contribution in [-0.4, -0.2) is 24.2 Å². The van der Waals surface area contributed by atoms with Crippen LogP contribution in [-0.2, 0) is 4.79 Å². The van der Waals surface area contributed by atoms with Crippen LogP contribution < -0.4 is 4.90 Å². The predicted molar refractivity (Wildman–Crippen MR) is 138 cm³/mol. The molecule has 33 heavy (non-hydrogen) atoms. The van der Waals surface area contributed by atoms with E-state index in [0.717, 1.165) is 63.6 Å². The van der Waals surface area contributed by atoms with E-state index in [2.05, 4.69) is 18.7 Å². The highest BCUT2D eigenvalue weighted by molar-refractivity contribution is 7.28. The normalized spacial score (nSPS) is 11.9. The SMILES string of the molecule is CCCCN(CCCC)c1ccc(/C=C/c2cc3sc(/C=C(\C#N)C(=O)O)cc3s2)c(F)c1. The van der Waals surface area contributed by atoms with Crippen molar-refractivity contribution in [1.29, 1.82) is 5.26 Å². The molecule has 0 fully saturated rings. The van der Waals surface area contributed by atoms with Crippen LogP contribution in [0, 0.1) is 17.1 Å². The number of carboxylic acid groups (broad SMARTS) is 1. The fourth-order valence-electron chi connectivity index (χ4n) is 3.40. The fourth-order valence-corrected chi connectivity index (χ4v) is 5.66.